The van der Waals surface area contributed by atoms with Crippen LogP contribution in [0.15, 0.2) is 29.3 Å². The molecule has 130 valence electrons. The Morgan fingerprint density at radius 3 is 2.65 bits per heavy atom. The topological polar surface area (TPSA) is 56.7 Å². The Hall–Kier alpha value is -1.02. The van der Waals surface area contributed by atoms with Crippen molar-refractivity contribution in [2.75, 3.05) is 26.7 Å². The molecule has 0 radical (unpaired) electrons. The van der Waals surface area contributed by atoms with E-state index in [4.69, 9.17) is 11.6 Å². The van der Waals surface area contributed by atoms with Gasteiger partial charge in [-0.05, 0) is 31.0 Å². The van der Waals surface area contributed by atoms with Crippen molar-refractivity contribution in [2.24, 2.45) is 4.99 Å². The number of carbonyl (C=O) groups is 1. The van der Waals surface area contributed by atoms with Gasteiger partial charge in [-0.25, -0.2) is 4.99 Å². The van der Waals surface area contributed by atoms with Crippen molar-refractivity contribution in [3.05, 3.63) is 34.9 Å². The van der Waals surface area contributed by atoms with E-state index in [2.05, 4.69) is 15.6 Å². The quantitative estimate of drug-likeness (QED) is 0.380. The third-order valence-electron chi connectivity index (χ3n) is 2.95. The maximum absolute atomic E-state index is 11.7. The molecule has 23 heavy (non-hydrogen) atoms. The molecule has 1 aromatic carbocycles. The molecule has 5 nitrogen and oxygen atoms in total. The van der Waals surface area contributed by atoms with E-state index in [0.29, 0.717) is 24.1 Å². The summed E-state index contributed by atoms with van der Waals surface area (Å²) < 4.78 is 0. The second-order valence-corrected chi connectivity index (χ2v) is 5.44. The predicted molar refractivity (Wildman–Crippen MR) is 108 cm³/mol. The molecule has 0 aliphatic carbocycles. The summed E-state index contributed by atoms with van der Waals surface area (Å²) in [5.41, 5.74) is 1.09. The first-order chi connectivity index (χ1) is 10.6. The van der Waals surface area contributed by atoms with Crippen LogP contribution in [0, 0.1) is 0 Å². The lowest BCUT2D eigenvalue weighted by Crippen LogP contribution is -2.39. The van der Waals surface area contributed by atoms with Crippen molar-refractivity contribution in [3.8, 4) is 0 Å². The van der Waals surface area contributed by atoms with Crippen molar-refractivity contribution in [1.82, 2.24) is 15.5 Å². The lowest BCUT2D eigenvalue weighted by atomic mass is 10.2. The molecular formula is C16H26ClIN4O. The summed E-state index contributed by atoms with van der Waals surface area (Å²) in [5, 5.41) is 6.72. The van der Waals surface area contributed by atoms with E-state index < -0.39 is 0 Å². The summed E-state index contributed by atoms with van der Waals surface area (Å²) in [6.07, 6.45) is 0.921. The number of hydrogen-bond acceptors (Lipinski definition) is 2. The van der Waals surface area contributed by atoms with Crippen LogP contribution in [0.2, 0.25) is 5.02 Å². The molecular weight excluding hydrogens is 427 g/mol. The molecule has 2 N–H and O–H groups in total. The maximum atomic E-state index is 11.7. The number of nitrogens with zero attached hydrogens (tertiary/aromatic N) is 2. The molecule has 0 aliphatic heterocycles. The molecule has 0 spiro atoms. The number of aliphatic imine (C=N–C) groups is 1. The fraction of sp³-hybridized carbons (Fsp3) is 0.500. The smallest absolute Gasteiger partial charge is 0.241 e. The fourth-order valence-corrected chi connectivity index (χ4v) is 2.13. The number of halogens is 2. The molecule has 1 rings (SSSR count). The van der Waals surface area contributed by atoms with Crippen LogP contribution in [0.1, 0.15) is 25.8 Å². The molecule has 0 heterocycles. The zero-order valence-corrected chi connectivity index (χ0v) is 17.0. The molecule has 7 heteroatoms. The molecule has 0 bridgehead atoms. The van der Waals surface area contributed by atoms with E-state index in [9.17, 15) is 4.79 Å². The Labute approximate surface area is 160 Å². The van der Waals surface area contributed by atoms with Crippen molar-refractivity contribution < 1.29 is 4.79 Å². The van der Waals surface area contributed by atoms with Crippen LogP contribution in [-0.2, 0) is 11.3 Å². The van der Waals surface area contributed by atoms with E-state index in [0.717, 1.165) is 18.5 Å². The number of carbonyl (C=O) groups excluding carboxylic acids is 1. The molecule has 0 atom stereocenters. The van der Waals surface area contributed by atoms with Gasteiger partial charge in [0.2, 0.25) is 5.91 Å². The van der Waals surface area contributed by atoms with E-state index in [1.165, 1.54) is 0 Å². The summed E-state index contributed by atoms with van der Waals surface area (Å²) in [6.45, 7) is 6.25. The van der Waals surface area contributed by atoms with Crippen LogP contribution in [0.25, 0.3) is 0 Å². The second kappa shape index (κ2) is 12.4. The first-order valence-electron chi connectivity index (χ1n) is 7.57. The van der Waals surface area contributed by atoms with Gasteiger partial charge in [0, 0.05) is 31.7 Å². The predicted octanol–water partition coefficient (Wildman–Crippen LogP) is 2.88. The van der Waals surface area contributed by atoms with Crippen molar-refractivity contribution >= 4 is 47.4 Å². The third-order valence-corrected chi connectivity index (χ3v) is 3.18. The van der Waals surface area contributed by atoms with Gasteiger partial charge in [0.25, 0.3) is 0 Å². The minimum Gasteiger partial charge on any atom is -0.357 e. The van der Waals surface area contributed by atoms with Crippen LogP contribution in [0.5, 0.6) is 0 Å². The molecule has 0 fully saturated rings. The number of benzene rings is 1. The lowest BCUT2D eigenvalue weighted by Gasteiger charge is -2.22. The molecule has 0 aromatic heterocycles. The highest BCUT2D eigenvalue weighted by molar-refractivity contribution is 14.0. The normalized spacial score (nSPS) is 10.7. The standard InChI is InChI=1S/C16H25ClN4O.HI/c1-4-9-19-15(22)11-20-16(18-5-2)21(3)12-13-7-6-8-14(17)10-13;/h6-8,10H,4-5,9,11-12H2,1-3H3,(H,18,20)(H,19,22);1H. The highest BCUT2D eigenvalue weighted by Gasteiger charge is 2.08. The molecule has 0 saturated carbocycles. The Morgan fingerprint density at radius 2 is 2.04 bits per heavy atom. The van der Waals surface area contributed by atoms with Crippen LogP contribution in [0.4, 0.5) is 0 Å². The maximum Gasteiger partial charge on any atom is 0.241 e. The van der Waals surface area contributed by atoms with Crippen LogP contribution in [0.3, 0.4) is 0 Å². The zero-order valence-electron chi connectivity index (χ0n) is 13.9. The average molecular weight is 453 g/mol. The van der Waals surface area contributed by atoms with Gasteiger partial charge in [-0.3, -0.25) is 4.79 Å². The van der Waals surface area contributed by atoms with Crippen molar-refractivity contribution in [3.63, 3.8) is 0 Å². The number of hydrogen-bond donors (Lipinski definition) is 2. The Kier molecular flexibility index (Phi) is 11.9. The Bertz CT molecular complexity index is 511. The van der Waals surface area contributed by atoms with Gasteiger partial charge in [-0.2, -0.15) is 0 Å². The van der Waals surface area contributed by atoms with Gasteiger partial charge in [-0.15, -0.1) is 24.0 Å². The monoisotopic (exact) mass is 452 g/mol. The lowest BCUT2D eigenvalue weighted by molar-refractivity contribution is -0.119. The van der Waals surface area contributed by atoms with Gasteiger partial charge in [0.1, 0.15) is 6.54 Å². The van der Waals surface area contributed by atoms with E-state index in [1.807, 2.05) is 50.1 Å². The van der Waals surface area contributed by atoms with Gasteiger partial charge in [0.15, 0.2) is 5.96 Å². The number of amides is 1. The Morgan fingerprint density at radius 1 is 1.30 bits per heavy atom. The van der Waals surface area contributed by atoms with Gasteiger partial charge >= 0.3 is 0 Å². The first-order valence-corrected chi connectivity index (χ1v) is 7.95. The zero-order chi connectivity index (χ0) is 16.4. The Balaban J connectivity index is 0.00000484. The summed E-state index contributed by atoms with van der Waals surface area (Å²) in [5.74, 6) is 0.641. The van der Waals surface area contributed by atoms with Gasteiger partial charge in [-0.1, -0.05) is 30.7 Å². The average Bonchev–Trinajstić information content (AvgIpc) is 2.49. The highest BCUT2D eigenvalue weighted by Crippen LogP contribution is 2.12. The van der Waals surface area contributed by atoms with E-state index in [-0.39, 0.29) is 36.4 Å². The molecule has 0 saturated heterocycles. The molecule has 0 unspecified atom stereocenters. The first kappa shape index (κ1) is 22.0. The van der Waals surface area contributed by atoms with Crippen molar-refractivity contribution in [2.45, 2.75) is 26.8 Å². The van der Waals surface area contributed by atoms with Crippen molar-refractivity contribution in [1.29, 1.82) is 0 Å². The van der Waals surface area contributed by atoms with Gasteiger partial charge in [0.05, 0.1) is 0 Å². The SMILES string of the molecule is CCCNC(=O)CN=C(NCC)N(C)Cc1cccc(Cl)c1.I. The van der Waals surface area contributed by atoms with E-state index in [1.54, 1.807) is 0 Å². The fourth-order valence-electron chi connectivity index (χ4n) is 1.92. The number of guanidine groups is 1. The minimum atomic E-state index is -0.0617. The number of nitrogens with one attached hydrogen (secondary N) is 2. The highest BCUT2D eigenvalue weighted by atomic mass is 127. The van der Waals surface area contributed by atoms with E-state index >= 15 is 0 Å². The summed E-state index contributed by atoms with van der Waals surface area (Å²) in [4.78, 5) is 18.0. The summed E-state index contributed by atoms with van der Waals surface area (Å²) in [6, 6.07) is 7.71. The molecule has 1 aromatic rings. The van der Waals surface area contributed by atoms with Crippen LogP contribution in [-0.4, -0.2) is 43.4 Å². The third kappa shape index (κ3) is 9.00. The largest absolute Gasteiger partial charge is 0.357 e. The summed E-state index contributed by atoms with van der Waals surface area (Å²) in [7, 11) is 1.94. The van der Waals surface area contributed by atoms with Crippen LogP contribution >= 0.6 is 35.6 Å². The number of rotatable bonds is 7. The minimum absolute atomic E-state index is 0. The van der Waals surface area contributed by atoms with Crippen LogP contribution < -0.4 is 10.6 Å². The van der Waals surface area contributed by atoms with Gasteiger partial charge < -0.3 is 15.5 Å². The molecule has 0 aliphatic rings. The second-order valence-electron chi connectivity index (χ2n) is 5.01. The molecule has 1 amide bonds. The summed E-state index contributed by atoms with van der Waals surface area (Å²) >= 11 is 6.00.